The quantitative estimate of drug-likeness (QED) is 0.802. The highest BCUT2D eigenvalue weighted by molar-refractivity contribution is 7.88. The Morgan fingerprint density at radius 1 is 1.21 bits per heavy atom. The summed E-state index contributed by atoms with van der Waals surface area (Å²) in [6.07, 6.45) is 1.49. The first kappa shape index (κ1) is 15.7. The summed E-state index contributed by atoms with van der Waals surface area (Å²) in [7, 11) is -3.39. The molecule has 0 amide bonds. The average Bonchev–Trinajstić information content (AvgIpc) is 2.36. The first-order chi connectivity index (χ1) is 8.88. The van der Waals surface area contributed by atoms with E-state index in [-0.39, 0.29) is 17.4 Å². The van der Waals surface area contributed by atoms with Crippen molar-refractivity contribution in [2.45, 2.75) is 38.5 Å². The normalized spacial score (nSPS) is 11.7. The van der Waals surface area contributed by atoms with Crippen LogP contribution in [0.4, 0.5) is 0 Å². The Morgan fingerprint density at radius 2 is 1.74 bits per heavy atom. The van der Waals surface area contributed by atoms with Crippen molar-refractivity contribution in [1.82, 2.24) is 4.72 Å². The molecule has 1 rings (SSSR count). The Morgan fingerprint density at radius 3 is 2.16 bits per heavy atom. The van der Waals surface area contributed by atoms with Crippen LogP contribution in [0, 0.1) is 0 Å². The van der Waals surface area contributed by atoms with Crippen LogP contribution in [0.3, 0.4) is 0 Å². The minimum Gasteiger partial charge on any atom is -0.478 e. The van der Waals surface area contributed by atoms with Gasteiger partial charge in [-0.05, 0) is 30.5 Å². The van der Waals surface area contributed by atoms with Gasteiger partial charge in [0.2, 0.25) is 10.0 Å². The predicted molar refractivity (Wildman–Crippen MR) is 73.5 cm³/mol. The van der Waals surface area contributed by atoms with Crippen LogP contribution in [-0.4, -0.2) is 25.5 Å². The fraction of sp³-hybridized carbons (Fsp3) is 0.462. The van der Waals surface area contributed by atoms with E-state index in [4.69, 9.17) is 5.11 Å². The molecule has 0 aliphatic carbocycles. The lowest BCUT2D eigenvalue weighted by molar-refractivity contribution is 0.0697. The molecule has 0 radical (unpaired) electrons. The molecule has 0 aliphatic heterocycles. The van der Waals surface area contributed by atoms with Crippen molar-refractivity contribution in [2.75, 3.05) is 0 Å². The summed E-state index contributed by atoms with van der Waals surface area (Å²) in [5, 5.41) is 8.76. The van der Waals surface area contributed by atoms with Gasteiger partial charge in [-0.2, -0.15) is 0 Å². The third kappa shape index (κ3) is 5.00. The highest BCUT2D eigenvalue weighted by Crippen LogP contribution is 2.09. The van der Waals surface area contributed by atoms with Crippen molar-refractivity contribution in [1.29, 1.82) is 0 Å². The highest BCUT2D eigenvalue weighted by atomic mass is 32.2. The zero-order chi connectivity index (χ0) is 14.5. The first-order valence-corrected chi connectivity index (χ1v) is 7.85. The highest BCUT2D eigenvalue weighted by Gasteiger charge is 2.16. The Hall–Kier alpha value is -1.40. The molecule has 0 atom stereocenters. The van der Waals surface area contributed by atoms with Gasteiger partial charge >= 0.3 is 5.97 Å². The molecule has 1 aromatic rings. The molecule has 6 heteroatoms. The third-order valence-corrected chi connectivity index (χ3v) is 4.30. The van der Waals surface area contributed by atoms with E-state index in [2.05, 4.69) is 4.72 Å². The second-order valence-corrected chi connectivity index (χ2v) is 6.15. The van der Waals surface area contributed by atoms with E-state index in [1.54, 1.807) is 0 Å². The molecular formula is C13H19NO4S. The maximum absolute atomic E-state index is 11.9. The molecular weight excluding hydrogens is 266 g/mol. The molecule has 0 spiro atoms. The molecule has 0 aromatic heterocycles. The van der Waals surface area contributed by atoms with Crippen molar-refractivity contribution in [3.63, 3.8) is 0 Å². The number of nitrogens with one attached hydrogen (secondary N) is 1. The van der Waals surface area contributed by atoms with E-state index in [1.165, 1.54) is 24.3 Å². The van der Waals surface area contributed by atoms with Gasteiger partial charge in [0.25, 0.3) is 0 Å². The minimum atomic E-state index is -3.39. The number of carbonyl (C=O) groups is 1. The maximum atomic E-state index is 11.9. The smallest absolute Gasteiger partial charge is 0.335 e. The lowest BCUT2D eigenvalue weighted by atomic mass is 10.1. The van der Waals surface area contributed by atoms with Crippen LogP contribution in [0.1, 0.15) is 42.6 Å². The largest absolute Gasteiger partial charge is 0.478 e. The predicted octanol–water partition coefficient (Wildman–Crippen LogP) is 1.99. The van der Waals surface area contributed by atoms with E-state index in [1.807, 2.05) is 13.8 Å². The topological polar surface area (TPSA) is 83.5 Å². The van der Waals surface area contributed by atoms with Gasteiger partial charge in [-0.15, -0.1) is 0 Å². The molecule has 0 fully saturated rings. The van der Waals surface area contributed by atoms with Crippen LogP contribution >= 0.6 is 0 Å². The standard InChI is InChI=1S/C13H19NO4S/c1-3-12(4-2)14-19(17,18)9-10-5-7-11(8-6-10)13(15)16/h5-8,12,14H,3-4,9H2,1-2H3,(H,15,16). The van der Waals surface area contributed by atoms with Crippen molar-refractivity contribution >= 4 is 16.0 Å². The van der Waals surface area contributed by atoms with Crippen LogP contribution in [0.15, 0.2) is 24.3 Å². The van der Waals surface area contributed by atoms with Gasteiger partial charge in [-0.3, -0.25) is 0 Å². The Labute approximate surface area is 113 Å². The van der Waals surface area contributed by atoms with Gasteiger partial charge in [0.1, 0.15) is 0 Å². The zero-order valence-corrected chi connectivity index (χ0v) is 11.9. The Balaban J connectivity index is 2.75. The first-order valence-electron chi connectivity index (χ1n) is 6.20. The van der Waals surface area contributed by atoms with Crippen LogP contribution < -0.4 is 4.72 Å². The van der Waals surface area contributed by atoms with E-state index in [0.717, 1.165) is 12.8 Å². The van der Waals surface area contributed by atoms with Crippen molar-refractivity contribution in [3.8, 4) is 0 Å². The van der Waals surface area contributed by atoms with Crippen molar-refractivity contribution in [2.24, 2.45) is 0 Å². The number of hydrogen-bond acceptors (Lipinski definition) is 3. The van der Waals surface area contributed by atoms with E-state index in [0.29, 0.717) is 5.56 Å². The number of hydrogen-bond donors (Lipinski definition) is 2. The summed E-state index contributed by atoms with van der Waals surface area (Å²) in [5.41, 5.74) is 0.720. The molecule has 106 valence electrons. The van der Waals surface area contributed by atoms with Crippen LogP contribution in [0.5, 0.6) is 0 Å². The van der Waals surface area contributed by atoms with E-state index < -0.39 is 16.0 Å². The number of aromatic carboxylic acids is 1. The molecule has 2 N–H and O–H groups in total. The van der Waals surface area contributed by atoms with Gasteiger partial charge < -0.3 is 5.11 Å². The molecule has 0 aliphatic rings. The summed E-state index contributed by atoms with van der Waals surface area (Å²) >= 11 is 0. The zero-order valence-electron chi connectivity index (χ0n) is 11.1. The molecule has 0 bridgehead atoms. The van der Waals surface area contributed by atoms with Gasteiger partial charge in [-0.1, -0.05) is 26.0 Å². The SMILES string of the molecule is CCC(CC)NS(=O)(=O)Cc1ccc(C(=O)O)cc1. The fourth-order valence-electron chi connectivity index (χ4n) is 1.71. The third-order valence-electron chi connectivity index (χ3n) is 2.89. The van der Waals surface area contributed by atoms with Gasteiger partial charge in [0, 0.05) is 6.04 Å². The second-order valence-electron chi connectivity index (χ2n) is 4.39. The van der Waals surface area contributed by atoms with Crippen LogP contribution in [0.25, 0.3) is 0 Å². The minimum absolute atomic E-state index is 0.0525. The van der Waals surface area contributed by atoms with Gasteiger partial charge in [0.05, 0.1) is 11.3 Å². The molecule has 0 unspecified atom stereocenters. The molecule has 0 saturated heterocycles. The summed E-state index contributed by atoms with van der Waals surface area (Å²) in [6.45, 7) is 3.86. The number of rotatable bonds is 7. The van der Waals surface area contributed by atoms with Crippen molar-refractivity contribution in [3.05, 3.63) is 35.4 Å². The van der Waals surface area contributed by atoms with Gasteiger partial charge in [-0.25, -0.2) is 17.9 Å². The Kier molecular flexibility index (Phi) is 5.50. The fourth-order valence-corrected chi connectivity index (χ4v) is 3.27. The maximum Gasteiger partial charge on any atom is 0.335 e. The number of sulfonamides is 1. The molecule has 1 aromatic carbocycles. The summed E-state index contributed by atoms with van der Waals surface area (Å²) in [5.74, 6) is -1.16. The number of carboxylic acids is 1. The second kappa shape index (κ2) is 6.68. The molecule has 0 heterocycles. The molecule has 0 saturated carbocycles. The monoisotopic (exact) mass is 285 g/mol. The lowest BCUT2D eigenvalue weighted by Crippen LogP contribution is -2.34. The van der Waals surface area contributed by atoms with E-state index >= 15 is 0 Å². The lowest BCUT2D eigenvalue weighted by Gasteiger charge is -2.15. The Bertz CT molecular complexity index is 518. The molecule has 5 nitrogen and oxygen atoms in total. The summed E-state index contributed by atoms with van der Waals surface area (Å²) in [4.78, 5) is 10.7. The van der Waals surface area contributed by atoms with Crippen molar-refractivity contribution < 1.29 is 18.3 Å². The van der Waals surface area contributed by atoms with Crippen LogP contribution in [0.2, 0.25) is 0 Å². The van der Waals surface area contributed by atoms with Crippen LogP contribution in [-0.2, 0) is 15.8 Å². The van der Waals surface area contributed by atoms with E-state index in [9.17, 15) is 13.2 Å². The number of benzene rings is 1. The number of carboxylic acid groups (broad SMARTS) is 1. The molecule has 19 heavy (non-hydrogen) atoms. The summed E-state index contributed by atoms with van der Waals surface area (Å²) < 4.78 is 26.5. The van der Waals surface area contributed by atoms with Gasteiger partial charge in [0.15, 0.2) is 0 Å². The average molecular weight is 285 g/mol. The summed E-state index contributed by atoms with van der Waals surface area (Å²) in [6, 6.07) is 5.81.